The van der Waals surface area contributed by atoms with E-state index >= 15 is 0 Å². The van der Waals surface area contributed by atoms with Crippen LogP contribution in [0.5, 0.6) is 0 Å². The van der Waals surface area contributed by atoms with Crippen molar-refractivity contribution in [1.29, 1.82) is 0 Å². The van der Waals surface area contributed by atoms with Crippen molar-refractivity contribution in [2.75, 3.05) is 13.2 Å². The Kier molecular flexibility index (Phi) is 3.39. The summed E-state index contributed by atoms with van der Waals surface area (Å²) in [6.07, 6.45) is -0.164. The Morgan fingerprint density at radius 2 is 2.10 bits per heavy atom. The molecule has 21 heavy (non-hydrogen) atoms. The Labute approximate surface area is 121 Å². The molecule has 2 unspecified atom stereocenters. The third-order valence-electron chi connectivity index (χ3n) is 3.83. The Hall–Kier alpha value is -1.64. The number of nitrogens with one attached hydrogen (secondary N) is 1. The van der Waals surface area contributed by atoms with E-state index in [0.29, 0.717) is 18.7 Å². The number of oxazole rings is 1. The summed E-state index contributed by atoms with van der Waals surface area (Å²) < 4.78 is 37.3. The predicted molar refractivity (Wildman–Crippen MR) is 75.6 cm³/mol. The lowest BCUT2D eigenvalue weighted by molar-refractivity contribution is -0.0231. The lowest BCUT2D eigenvalue weighted by Gasteiger charge is -2.36. The maximum atomic E-state index is 12.7. The molecule has 0 aliphatic carbocycles. The minimum atomic E-state index is -3.65. The largest absolute Gasteiger partial charge is 0.417 e. The molecule has 1 fully saturated rings. The van der Waals surface area contributed by atoms with Crippen LogP contribution in [0, 0.1) is 0 Å². The summed E-state index contributed by atoms with van der Waals surface area (Å²) in [7, 11) is -3.65. The van der Waals surface area contributed by atoms with Crippen LogP contribution >= 0.6 is 0 Å². The molecule has 0 bridgehead atoms. The second-order valence-electron chi connectivity index (χ2n) is 5.10. The SMILES string of the molecule is CC1OCCN(S(=O)(=O)c2ccc3[nH]c(=O)oc3c2)C1C. The van der Waals surface area contributed by atoms with Gasteiger partial charge in [0.05, 0.1) is 23.1 Å². The number of hydrogen-bond donors (Lipinski definition) is 1. The van der Waals surface area contributed by atoms with E-state index in [1.54, 1.807) is 0 Å². The maximum Gasteiger partial charge on any atom is 0.417 e. The molecule has 3 rings (SSSR count). The van der Waals surface area contributed by atoms with E-state index in [1.807, 2.05) is 13.8 Å². The minimum Gasteiger partial charge on any atom is -0.408 e. The molecule has 2 heterocycles. The summed E-state index contributed by atoms with van der Waals surface area (Å²) in [4.78, 5) is 13.7. The van der Waals surface area contributed by atoms with Gasteiger partial charge in [0, 0.05) is 18.7 Å². The van der Waals surface area contributed by atoms with Crippen molar-refractivity contribution < 1.29 is 17.6 Å². The zero-order valence-corrected chi connectivity index (χ0v) is 12.5. The van der Waals surface area contributed by atoms with Gasteiger partial charge in [0.15, 0.2) is 5.58 Å². The maximum absolute atomic E-state index is 12.7. The standard InChI is InChI=1S/C13H16N2O5S/c1-8-9(2)19-6-5-15(8)21(17,18)10-3-4-11-12(7-10)20-13(16)14-11/h3-4,7-9H,5-6H2,1-2H3,(H,14,16). The number of morpholine rings is 1. The van der Waals surface area contributed by atoms with Gasteiger partial charge in [0.2, 0.25) is 10.0 Å². The van der Waals surface area contributed by atoms with E-state index in [0.717, 1.165) is 0 Å². The Morgan fingerprint density at radius 3 is 2.86 bits per heavy atom. The number of aromatic amines is 1. The van der Waals surface area contributed by atoms with E-state index in [2.05, 4.69) is 4.98 Å². The van der Waals surface area contributed by atoms with E-state index in [-0.39, 0.29) is 22.6 Å². The molecule has 1 N–H and O–H groups in total. The molecule has 1 saturated heterocycles. The van der Waals surface area contributed by atoms with Crippen LogP contribution in [0.1, 0.15) is 13.8 Å². The van der Waals surface area contributed by atoms with Crippen LogP contribution < -0.4 is 5.76 Å². The average Bonchev–Trinajstić information content (AvgIpc) is 2.80. The minimum absolute atomic E-state index is 0.110. The summed E-state index contributed by atoms with van der Waals surface area (Å²) in [6.45, 7) is 4.34. The highest BCUT2D eigenvalue weighted by Crippen LogP contribution is 2.25. The van der Waals surface area contributed by atoms with Crippen molar-refractivity contribution in [2.45, 2.75) is 30.9 Å². The lowest BCUT2D eigenvalue weighted by atomic mass is 10.2. The molecular weight excluding hydrogens is 296 g/mol. The molecule has 0 radical (unpaired) electrons. The number of hydrogen-bond acceptors (Lipinski definition) is 5. The fraction of sp³-hybridized carbons (Fsp3) is 0.462. The van der Waals surface area contributed by atoms with Gasteiger partial charge in [-0.05, 0) is 26.0 Å². The number of rotatable bonds is 2. The summed E-state index contributed by atoms with van der Waals surface area (Å²) in [5.41, 5.74) is 0.706. The third kappa shape index (κ3) is 2.39. The van der Waals surface area contributed by atoms with Crippen LogP contribution in [0.2, 0.25) is 0 Å². The Morgan fingerprint density at radius 1 is 1.33 bits per heavy atom. The number of sulfonamides is 1. The third-order valence-corrected chi connectivity index (χ3v) is 5.81. The van der Waals surface area contributed by atoms with Gasteiger partial charge >= 0.3 is 5.76 Å². The lowest BCUT2D eigenvalue weighted by Crippen LogP contribution is -2.51. The van der Waals surface area contributed by atoms with E-state index in [4.69, 9.17) is 9.15 Å². The molecule has 114 valence electrons. The van der Waals surface area contributed by atoms with Gasteiger partial charge < -0.3 is 9.15 Å². The van der Waals surface area contributed by atoms with Crippen molar-refractivity contribution in [3.05, 3.63) is 28.7 Å². The van der Waals surface area contributed by atoms with Crippen LogP contribution in [-0.4, -0.2) is 43.0 Å². The van der Waals surface area contributed by atoms with E-state index in [1.165, 1.54) is 22.5 Å². The second kappa shape index (κ2) is 4.97. The van der Waals surface area contributed by atoms with E-state index < -0.39 is 15.8 Å². The van der Waals surface area contributed by atoms with E-state index in [9.17, 15) is 13.2 Å². The summed E-state index contributed by atoms with van der Waals surface area (Å²) in [6, 6.07) is 4.12. The van der Waals surface area contributed by atoms with Crippen LogP contribution in [0.3, 0.4) is 0 Å². The first-order valence-corrected chi connectivity index (χ1v) is 8.10. The summed E-state index contributed by atoms with van der Waals surface area (Å²) in [5, 5.41) is 0. The Bertz CT molecular complexity index is 822. The van der Waals surface area contributed by atoms with Gasteiger partial charge in [-0.15, -0.1) is 0 Å². The normalized spacial score (nSPS) is 24.5. The molecule has 0 saturated carbocycles. The highest BCUT2D eigenvalue weighted by atomic mass is 32.2. The van der Waals surface area contributed by atoms with Gasteiger partial charge in [0.1, 0.15) is 0 Å². The summed E-state index contributed by atoms with van der Waals surface area (Å²) in [5.74, 6) is -0.604. The molecule has 0 amide bonds. The van der Waals surface area contributed by atoms with Crippen molar-refractivity contribution in [2.24, 2.45) is 0 Å². The van der Waals surface area contributed by atoms with Crippen LogP contribution in [0.25, 0.3) is 11.1 Å². The van der Waals surface area contributed by atoms with Gasteiger partial charge in [-0.1, -0.05) is 0 Å². The molecule has 2 atom stereocenters. The van der Waals surface area contributed by atoms with Crippen molar-refractivity contribution in [3.8, 4) is 0 Å². The molecule has 1 aliphatic heterocycles. The monoisotopic (exact) mass is 312 g/mol. The number of H-pyrrole nitrogens is 1. The highest BCUT2D eigenvalue weighted by molar-refractivity contribution is 7.89. The first-order valence-electron chi connectivity index (χ1n) is 6.66. The zero-order valence-electron chi connectivity index (χ0n) is 11.7. The fourth-order valence-electron chi connectivity index (χ4n) is 2.47. The highest BCUT2D eigenvalue weighted by Gasteiger charge is 2.35. The first kappa shape index (κ1) is 14.3. The number of benzene rings is 1. The summed E-state index contributed by atoms with van der Waals surface area (Å²) >= 11 is 0. The van der Waals surface area contributed by atoms with Gasteiger partial charge in [-0.2, -0.15) is 4.31 Å². The molecule has 1 aliphatic rings. The molecule has 0 spiro atoms. The van der Waals surface area contributed by atoms with Gasteiger partial charge in [-0.3, -0.25) is 4.98 Å². The number of nitrogens with zero attached hydrogens (tertiary/aromatic N) is 1. The number of aromatic nitrogens is 1. The predicted octanol–water partition coefficient (Wildman–Crippen LogP) is 0.919. The first-order chi connectivity index (χ1) is 9.89. The fourth-order valence-corrected chi connectivity index (χ4v) is 4.16. The van der Waals surface area contributed by atoms with Crippen molar-refractivity contribution in [1.82, 2.24) is 9.29 Å². The van der Waals surface area contributed by atoms with Crippen molar-refractivity contribution in [3.63, 3.8) is 0 Å². The molecule has 1 aromatic heterocycles. The van der Waals surface area contributed by atoms with Crippen LogP contribution in [0.4, 0.5) is 0 Å². The zero-order chi connectivity index (χ0) is 15.2. The molecule has 1 aromatic carbocycles. The quantitative estimate of drug-likeness (QED) is 0.890. The molecule has 2 aromatic rings. The van der Waals surface area contributed by atoms with Crippen LogP contribution in [0.15, 0.2) is 32.3 Å². The Balaban J connectivity index is 2.04. The average molecular weight is 312 g/mol. The molecule has 7 nitrogen and oxygen atoms in total. The number of ether oxygens (including phenoxy) is 1. The molecule has 8 heteroatoms. The van der Waals surface area contributed by atoms with Crippen molar-refractivity contribution >= 4 is 21.1 Å². The smallest absolute Gasteiger partial charge is 0.408 e. The second-order valence-corrected chi connectivity index (χ2v) is 7.00. The molecular formula is C13H16N2O5S. The van der Waals surface area contributed by atoms with Gasteiger partial charge in [0.25, 0.3) is 0 Å². The van der Waals surface area contributed by atoms with Crippen LogP contribution in [-0.2, 0) is 14.8 Å². The number of fused-ring (bicyclic) bond motifs is 1. The topological polar surface area (TPSA) is 92.6 Å². The van der Waals surface area contributed by atoms with Gasteiger partial charge in [-0.25, -0.2) is 13.2 Å².